The third-order valence-corrected chi connectivity index (χ3v) is 0. The van der Waals surface area contributed by atoms with Gasteiger partial charge in [-0.3, -0.25) is 0 Å². The van der Waals surface area contributed by atoms with Gasteiger partial charge in [-0.25, -0.2) is 0 Å². The van der Waals surface area contributed by atoms with Gasteiger partial charge in [0.15, 0.2) is 0 Å². The van der Waals surface area contributed by atoms with E-state index in [-0.39, 0.29) is 29.2 Å². The van der Waals surface area contributed by atoms with E-state index >= 15 is 0 Å². The van der Waals surface area contributed by atoms with Crippen LogP contribution in [0.2, 0.25) is 0 Å². The molecule has 0 spiro atoms. The molecule has 0 bridgehead atoms. The second-order valence-corrected chi connectivity index (χ2v) is 0.326. The average Bonchev–Trinajstić information content (AvgIpc) is 0.918. The molecule has 4 heteroatoms. The molecule has 0 rings (SSSR count). The first-order valence-corrected chi connectivity index (χ1v) is 0.952. The van der Waals surface area contributed by atoms with Crippen LogP contribution in [-0.4, -0.2) is 23.1 Å². The molecule has 0 radical (unpaired) electrons. The molecule has 5 heavy (non-hydrogen) atoms. The fraction of sp³-hybridized carbons (Fsp3) is 0. The number of rotatable bonds is 0. The van der Waals surface area contributed by atoms with E-state index in [1.54, 1.807) is 0 Å². The van der Waals surface area contributed by atoms with Crippen molar-refractivity contribution in [3.05, 3.63) is 0 Å². The molecule has 0 atom stereocenters. The minimum atomic E-state index is 0. The molecule has 0 aromatic rings. The van der Waals surface area contributed by atoms with Crippen molar-refractivity contribution in [3.8, 4) is 4.97 Å². The van der Waals surface area contributed by atoms with Gasteiger partial charge in [-0.15, -0.1) is 0 Å². The zero-order valence-electron chi connectivity index (χ0n) is 2.01. The van der Waals surface area contributed by atoms with Crippen molar-refractivity contribution in [1.82, 2.24) is 6.15 Å². The predicted molar refractivity (Wildman–Crippen MR) is 19.2 cm³/mol. The molecule has 0 aliphatic heterocycles. The summed E-state index contributed by atoms with van der Waals surface area (Å²) in [5.41, 5.74) is 0. The summed E-state index contributed by atoms with van der Waals surface area (Å²) >= 11 is 2.79. The van der Waals surface area contributed by atoms with Gasteiger partial charge in [0.1, 0.15) is 0 Å². The SMILES string of the molecule is N.N#[C][Fe].[MgH2]. The fourth-order valence-corrected chi connectivity index (χ4v) is 0. The molecule has 0 fully saturated rings. The largest absolute Gasteiger partial charge is 0.316 e. The summed E-state index contributed by atoms with van der Waals surface area (Å²) in [6.07, 6.45) is 0. The summed E-state index contributed by atoms with van der Waals surface area (Å²) < 4.78 is 0. The molecule has 0 aromatic heterocycles. The fourth-order valence-electron chi connectivity index (χ4n) is 0. The Labute approximate surface area is 55.5 Å². The zero-order chi connectivity index (χ0) is 2.71. The van der Waals surface area contributed by atoms with Crippen LogP contribution in [0.3, 0.4) is 0 Å². The van der Waals surface area contributed by atoms with Gasteiger partial charge in [-0.05, 0) is 0 Å². The molecule has 0 heterocycles. The number of hydrogen-bond acceptors (Lipinski definition) is 2. The van der Waals surface area contributed by atoms with Crippen LogP contribution in [0.5, 0.6) is 0 Å². The van der Waals surface area contributed by atoms with Crippen molar-refractivity contribution in [3.63, 3.8) is 0 Å². The normalized spacial score (nSPS) is 1.60. The van der Waals surface area contributed by atoms with Crippen LogP contribution in [0.4, 0.5) is 0 Å². The van der Waals surface area contributed by atoms with E-state index in [4.69, 9.17) is 5.26 Å². The Kier molecular flexibility index (Phi) is 75.4. The number of nitriles is 1. The number of hydrogen-bond donors (Lipinski definition) is 1. The van der Waals surface area contributed by atoms with Crippen molar-refractivity contribution in [1.29, 1.82) is 5.26 Å². The van der Waals surface area contributed by atoms with Crippen molar-refractivity contribution < 1.29 is 16.0 Å². The molecule has 0 unspecified atom stereocenters. The first-order chi connectivity index (χ1) is 1.41. The van der Waals surface area contributed by atoms with Crippen LogP contribution in [-0.2, 0) is 16.0 Å². The van der Waals surface area contributed by atoms with E-state index < -0.39 is 0 Å². The van der Waals surface area contributed by atoms with E-state index in [2.05, 4.69) is 16.0 Å². The predicted octanol–water partition coefficient (Wildman–Crippen LogP) is -0.740. The summed E-state index contributed by atoms with van der Waals surface area (Å²) in [6.45, 7) is 0. The van der Waals surface area contributed by atoms with Gasteiger partial charge in [-0.2, -0.15) is 0 Å². The van der Waals surface area contributed by atoms with E-state index in [0.29, 0.717) is 0 Å². The third-order valence-electron chi connectivity index (χ3n) is 0. The summed E-state index contributed by atoms with van der Waals surface area (Å²) in [5.74, 6) is 0. The maximum Gasteiger partial charge on any atom is 0.316 e. The molecular formula is CH5FeMgN2. The van der Waals surface area contributed by atoms with Crippen LogP contribution in [0, 0.1) is 10.2 Å². The Morgan fingerprint density at radius 1 is 1.60 bits per heavy atom. The minimum Gasteiger partial charge on any atom is 0.316 e. The Hall–Kier alpha value is 0.736. The van der Waals surface area contributed by atoms with Crippen LogP contribution < -0.4 is 6.15 Å². The molecule has 29 valence electrons. The molecule has 0 aliphatic rings. The molecule has 3 N–H and O–H groups in total. The molecule has 0 aromatic carbocycles. The summed E-state index contributed by atoms with van der Waals surface area (Å²) in [4.78, 5) is 1.50. The van der Waals surface area contributed by atoms with Crippen molar-refractivity contribution in [2.45, 2.75) is 0 Å². The standard InChI is InChI=1S/CN.Fe.Mg.H3N.2H/c1-2;;;;;/h;;;1H3;;. The molecule has 2 nitrogen and oxygen atoms in total. The quantitative estimate of drug-likeness (QED) is 0.433. The first-order valence-electron chi connectivity index (χ1n) is 0.400. The summed E-state index contributed by atoms with van der Waals surface area (Å²) in [7, 11) is 0. The van der Waals surface area contributed by atoms with E-state index in [1.165, 1.54) is 4.97 Å². The summed E-state index contributed by atoms with van der Waals surface area (Å²) in [5, 5.41) is 7.21. The monoisotopic (exact) mass is 125 g/mol. The van der Waals surface area contributed by atoms with Gasteiger partial charge >= 0.3 is 49.3 Å². The second kappa shape index (κ2) is 21.9. The van der Waals surface area contributed by atoms with E-state index in [0.717, 1.165) is 0 Å². The van der Waals surface area contributed by atoms with Gasteiger partial charge in [0.2, 0.25) is 0 Å². The van der Waals surface area contributed by atoms with E-state index in [9.17, 15) is 0 Å². The van der Waals surface area contributed by atoms with Gasteiger partial charge in [-0.1, -0.05) is 0 Å². The van der Waals surface area contributed by atoms with Crippen molar-refractivity contribution in [2.24, 2.45) is 0 Å². The molecule has 0 saturated heterocycles. The second-order valence-electron chi connectivity index (χ2n) is 0.0791. The molecule has 0 aliphatic carbocycles. The summed E-state index contributed by atoms with van der Waals surface area (Å²) in [6, 6.07) is 0. The minimum absolute atomic E-state index is 0. The third kappa shape index (κ3) is 65.5. The maximum atomic E-state index is 7.21. The van der Waals surface area contributed by atoms with E-state index in [1.807, 2.05) is 0 Å². The maximum absolute atomic E-state index is 7.21. The molecular weight excluding hydrogens is 120 g/mol. The van der Waals surface area contributed by atoms with Crippen LogP contribution in [0.25, 0.3) is 0 Å². The smallest absolute Gasteiger partial charge is 0.316 e. The number of nitrogens with zero attached hydrogens (tertiary/aromatic N) is 1. The average molecular weight is 125 g/mol. The van der Waals surface area contributed by atoms with Crippen LogP contribution in [0.15, 0.2) is 0 Å². The Morgan fingerprint density at radius 2 is 1.60 bits per heavy atom. The van der Waals surface area contributed by atoms with Gasteiger partial charge in [0, 0.05) is 0 Å². The van der Waals surface area contributed by atoms with Gasteiger partial charge in [0.25, 0.3) is 0 Å². The van der Waals surface area contributed by atoms with Crippen molar-refractivity contribution >= 4 is 23.1 Å². The Morgan fingerprint density at radius 3 is 1.60 bits per heavy atom. The Balaban J connectivity index is -0.0000000200. The van der Waals surface area contributed by atoms with Crippen LogP contribution in [0.1, 0.15) is 0 Å². The van der Waals surface area contributed by atoms with Crippen molar-refractivity contribution in [2.75, 3.05) is 0 Å². The van der Waals surface area contributed by atoms with Gasteiger partial charge in [0.05, 0.1) is 0 Å². The Bertz CT molecular complexity index is 31.1. The van der Waals surface area contributed by atoms with Crippen LogP contribution >= 0.6 is 0 Å². The molecule has 0 amide bonds. The topological polar surface area (TPSA) is 58.8 Å². The van der Waals surface area contributed by atoms with Gasteiger partial charge < -0.3 is 6.15 Å². The molecule has 0 saturated carbocycles. The zero-order valence-corrected chi connectivity index (χ0v) is 3.11. The first kappa shape index (κ1) is 17.2.